The summed E-state index contributed by atoms with van der Waals surface area (Å²) >= 11 is 0. The van der Waals surface area contributed by atoms with Gasteiger partial charge in [-0.2, -0.15) is 36.4 Å². The van der Waals surface area contributed by atoms with Gasteiger partial charge in [-0.05, 0) is 11.6 Å². The summed E-state index contributed by atoms with van der Waals surface area (Å²) in [6.45, 7) is 0. The van der Waals surface area contributed by atoms with E-state index in [1.54, 1.807) is 36.7 Å². The van der Waals surface area contributed by atoms with Crippen LogP contribution in [0.1, 0.15) is 15.9 Å². The maximum atomic E-state index is 11.6. The van der Waals surface area contributed by atoms with Crippen molar-refractivity contribution in [2.75, 3.05) is 0 Å². The number of pyridine rings is 1. The van der Waals surface area contributed by atoms with Gasteiger partial charge >= 0.3 is 17.1 Å². The van der Waals surface area contributed by atoms with Crippen molar-refractivity contribution in [3.63, 3.8) is 0 Å². The number of ketones is 1. The first-order valence-corrected chi connectivity index (χ1v) is 6.37. The fraction of sp³-hybridized carbons (Fsp3) is 0. The summed E-state index contributed by atoms with van der Waals surface area (Å²) in [7, 11) is 0. The van der Waals surface area contributed by atoms with Crippen molar-refractivity contribution in [2.45, 2.75) is 0 Å². The first kappa shape index (κ1) is 16.8. The van der Waals surface area contributed by atoms with E-state index >= 15 is 0 Å². The monoisotopic (exact) mass is 317 g/mol. The Morgan fingerprint density at radius 1 is 1.05 bits per heavy atom. The third-order valence-electron chi connectivity index (χ3n) is 2.61. The molecule has 0 amide bonds. The average Bonchev–Trinajstić information content (AvgIpc) is 3.20. The Hall–Kier alpha value is -2.22. The molecule has 0 radical (unpaired) electrons. The maximum Gasteiger partial charge on any atom is 2.00 e. The van der Waals surface area contributed by atoms with Gasteiger partial charge in [-0.3, -0.25) is 4.98 Å². The fourth-order valence-corrected chi connectivity index (χ4v) is 1.60. The van der Waals surface area contributed by atoms with Crippen LogP contribution < -0.4 is 0 Å². The predicted octanol–water partition coefficient (Wildman–Crippen LogP) is 4.10. The zero-order chi connectivity index (χ0) is 14.0. The Morgan fingerprint density at radius 2 is 1.86 bits per heavy atom. The molecule has 0 spiro atoms. The molecule has 2 nitrogen and oxygen atoms in total. The second-order valence-electron chi connectivity index (χ2n) is 4.12. The molecule has 2 aromatic carbocycles. The van der Waals surface area contributed by atoms with Crippen LogP contribution in [0, 0.1) is 0 Å². The molecule has 3 heteroatoms. The summed E-state index contributed by atoms with van der Waals surface area (Å²) in [6.07, 6.45) is 6.75. The van der Waals surface area contributed by atoms with Gasteiger partial charge in [0.15, 0.2) is 0 Å². The normalized spacial score (nSPS) is 9.52. The van der Waals surface area contributed by atoms with E-state index in [2.05, 4.69) is 4.98 Å². The molecule has 0 saturated heterocycles. The molecule has 0 fully saturated rings. The molecule has 0 aliphatic rings. The van der Waals surface area contributed by atoms with Gasteiger partial charge in [0, 0.05) is 12.4 Å². The van der Waals surface area contributed by atoms with Crippen LogP contribution in [-0.4, -0.2) is 10.8 Å². The van der Waals surface area contributed by atoms with Gasteiger partial charge in [-0.1, -0.05) is 18.2 Å². The van der Waals surface area contributed by atoms with Crippen LogP contribution >= 0.6 is 0 Å². The van der Waals surface area contributed by atoms with Gasteiger partial charge in [0.2, 0.25) is 0 Å². The standard InChI is InChI=1S/C13H10NO.C5H5.Fe/c15-13(12-5-1-2-6-12)8-7-11-4-3-9-14-10-11;1-2-4-5-3-1;/h1-10H;1-5H;/q2*-1;+2. The summed E-state index contributed by atoms with van der Waals surface area (Å²) in [5.41, 5.74) is 1.65. The Kier molecular flexibility index (Phi) is 7.73. The molecule has 3 rings (SSSR count). The molecular weight excluding hydrogens is 302 g/mol. The Balaban J connectivity index is 0.000000313. The van der Waals surface area contributed by atoms with Crippen LogP contribution in [0.2, 0.25) is 0 Å². The van der Waals surface area contributed by atoms with E-state index in [1.165, 1.54) is 0 Å². The molecular formula is C18H15FeNO. The summed E-state index contributed by atoms with van der Waals surface area (Å²) < 4.78 is 0. The number of nitrogens with zero attached hydrogens (tertiary/aromatic N) is 1. The zero-order valence-electron chi connectivity index (χ0n) is 11.4. The largest absolute Gasteiger partial charge is 2.00 e. The third kappa shape index (κ3) is 6.17. The Morgan fingerprint density at radius 3 is 2.38 bits per heavy atom. The third-order valence-corrected chi connectivity index (χ3v) is 2.61. The summed E-state index contributed by atoms with van der Waals surface area (Å²) in [4.78, 5) is 15.5. The summed E-state index contributed by atoms with van der Waals surface area (Å²) in [6, 6.07) is 21.1. The number of carbonyl (C=O) groups is 1. The minimum atomic E-state index is 0. The van der Waals surface area contributed by atoms with Crippen molar-refractivity contribution in [1.82, 2.24) is 4.98 Å². The van der Waals surface area contributed by atoms with E-state index in [-0.39, 0.29) is 22.9 Å². The molecule has 0 saturated carbocycles. The fourth-order valence-electron chi connectivity index (χ4n) is 1.60. The molecule has 0 unspecified atom stereocenters. The van der Waals surface area contributed by atoms with Crippen molar-refractivity contribution >= 4 is 11.9 Å². The van der Waals surface area contributed by atoms with Crippen LogP contribution in [0.3, 0.4) is 0 Å². The Bertz CT molecular complexity index is 608. The molecule has 1 aromatic heterocycles. The van der Waals surface area contributed by atoms with Gasteiger partial charge in [-0.25, -0.2) is 12.1 Å². The SMILES string of the molecule is O=C(C=Cc1cccnc1)c1ccc[cH-]1.[Fe+2].c1cc[cH-]c1. The van der Waals surface area contributed by atoms with Crippen LogP contribution in [0.4, 0.5) is 0 Å². The van der Waals surface area contributed by atoms with Crippen molar-refractivity contribution in [2.24, 2.45) is 0 Å². The summed E-state index contributed by atoms with van der Waals surface area (Å²) in [5, 5.41) is 0. The molecule has 21 heavy (non-hydrogen) atoms. The number of aromatic nitrogens is 1. The zero-order valence-corrected chi connectivity index (χ0v) is 12.5. The second-order valence-corrected chi connectivity index (χ2v) is 4.12. The molecule has 0 aliphatic heterocycles. The average molecular weight is 317 g/mol. The van der Waals surface area contributed by atoms with E-state index in [4.69, 9.17) is 0 Å². The van der Waals surface area contributed by atoms with Crippen LogP contribution in [0.15, 0.2) is 85.2 Å². The molecule has 0 atom stereocenters. The van der Waals surface area contributed by atoms with Crippen LogP contribution in [0.5, 0.6) is 0 Å². The van der Waals surface area contributed by atoms with Gasteiger partial charge in [-0.15, -0.1) is 11.6 Å². The van der Waals surface area contributed by atoms with E-state index in [0.29, 0.717) is 0 Å². The van der Waals surface area contributed by atoms with Gasteiger partial charge in [0.25, 0.3) is 0 Å². The van der Waals surface area contributed by atoms with Crippen molar-refractivity contribution < 1.29 is 21.9 Å². The number of hydrogen-bond acceptors (Lipinski definition) is 2. The molecule has 1 heterocycles. The number of allylic oxidation sites excluding steroid dienone is 1. The smallest absolute Gasteiger partial charge is 0.347 e. The van der Waals surface area contributed by atoms with E-state index in [1.807, 2.05) is 54.6 Å². The quantitative estimate of drug-likeness (QED) is 0.315. The van der Waals surface area contributed by atoms with Crippen LogP contribution in [-0.2, 0) is 17.1 Å². The van der Waals surface area contributed by atoms with Crippen molar-refractivity contribution in [3.05, 3.63) is 96.3 Å². The predicted molar refractivity (Wildman–Crippen MR) is 81.7 cm³/mol. The number of rotatable bonds is 3. The van der Waals surface area contributed by atoms with Gasteiger partial charge in [0.05, 0.1) is 0 Å². The second kappa shape index (κ2) is 9.65. The van der Waals surface area contributed by atoms with Crippen molar-refractivity contribution in [3.8, 4) is 0 Å². The molecule has 106 valence electrons. The minimum Gasteiger partial charge on any atom is -0.347 e. The maximum absolute atomic E-state index is 11.6. The van der Waals surface area contributed by atoms with E-state index < -0.39 is 0 Å². The molecule has 0 N–H and O–H groups in total. The summed E-state index contributed by atoms with van der Waals surface area (Å²) in [5.74, 6) is 0.0175. The topological polar surface area (TPSA) is 30.0 Å². The van der Waals surface area contributed by atoms with Gasteiger partial charge < -0.3 is 4.79 Å². The number of carbonyl (C=O) groups excluding carboxylic acids is 1. The van der Waals surface area contributed by atoms with Crippen molar-refractivity contribution in [1.29, 1.82) is 0 Å². The Labute approximate surface area is 135 Å². The molecule has 0 bridgehead atoms. The van der Waals surface area contributed by atoms with E-state index in [9.17, 15) is 4.79 Å². The number of hydrogen-bond donors (Lipinski definition) is 0. The first-order valence-electron chi connectivity index (χ1n) is 6.37. The van der Waals surface area contributed by atoms with Gasteiger partial charge in [0.1, 0.15) is 5.78 Å². The molecule has 0 aliphatic carbocycles. The minimum absolute atomic E-state index is 0. The molecule has 3 aromatic rings. The van der Waals surface area contributed by atoms with Crippen LogP contribution in [0.25, 0.3) is 6.08 Å². The first-order chi connectivity index (χ1) is 9.86. The van der Waals surface area contributed by atoms with E-state index in [0.717, 1.165) is 11.1 Å².